The van der Waals surface area contributed by atoms with Gasteiger partial charge in [0.2, 0.25) is 0 Å². The second kappa shape index (κ2) is 6.75. The summed E-state index contributed by atoms with van der Waals surface area (Å²) in [5, 5.41) is 8.94. The van der Waals surface area contributed by atoms with Gasteiger partial charge in [-0.25, -0.2) is 0 Å². The first kappa shape index (κ1) is 14.9. The van der Waals surface area contributed by atoms with Crippen LogP contribution in [0, 0.1) is 5.92 Å². The van der Waals surface area contributed by atoms with Crippen LogP contribution in [-0.4, -0.2) is 36.2 Å². The minimum absolute atomic E-state index is 0.273. The average molecular weight is 277 g/mol. The highest BCUT2D eigenvalue weighted by atomic mass is 16.5. The molecule has 0 saturated carbocycles. The molecule has 4 nitrogen and oxygen atoms in total. The Morgan fingerprint density at radius 1 is 1.55 bits per heavy atom. The van der Waals surface area contributed by atoms with E-state index >= 15 is 0 Å². The molecule has 110 valence electrons. The molecule has 0 aliphatic carbocycles. The van der Waals surface area contributed by atoms with Gasteiger partial charge in [-0.05, 0) is 49.9 Å². The molecule has 2 unspecified atom stereocenters. The second-order valence-electron chi connectivity index (χ2n) is 5.55. The Kier molecular flexibility index (Phi) is 5.01. The molecule has 1 aromatic carbocycles. The van der Waals surface area contributed by atoms with Gasteiger partial charge in [-0.3, -0.25) is 9.69 Å². The highest BCUT2D eigenvalue weighted by Gasteiger charge is 2.25. The van der Waals surface area contributed by atoms with Gasteiger partial charge in [0.1, 0.15) is 5.75 Å². The molecule has 1 aliphatic rings. The molecular weight excluding hydrogens is 254 g/mol. The number of hydrogen-bond acceptors (Lipinski definition) is 3. The largest absolute Gasteiger partial charge is 0.497 e. The fourth-order valence-corrected chi connectivity index (χ4v) is 2.97. The smallest absolute Gasteiger partial charge is 0.303 e. The third-order valence-corrected chi connectivity index (χ3v) is 4.14. The van der Waals surface area contributed by atoms with E-state index in [1.165, 1.54) is 5.56 Å². The first-order chi connectivity index (χ1) is 9.60. The summed E-state index contributed by atoms with van der Waals surface area (Å²) < 4.78 is 5.27. The number of benzene rings is 1. The van der Waals surface area contributed by atoms with Gasteiger partial charge < -0.3 is 9.84 Å². The second-order valence-corrected chi connectivity index (χ2v) is 5.55. The van der Waals surface area contributed by atoms with Gasteiger partial charge in [-0.15, -0.1) is 0 Å². The molecule has 4 heteroatoms. The maximum Gasteiger partial charge on any atom is 0.303 e. The Hall–Kier alpha value is -1.55. The molecule has 0 spiro atoms. The standard InChI is InChI=1S/C16H23NO3/c1-12(14-6-3-7-15(10-14)20-2)17-8-4-5-13(11-17)9-16(18)19/h3,6-7,10,12-13H,4-5,8-9,11H2,1-2H3,(H,18,19). The third-order valence-electron chi connectivity index (χ3n) is 4.14. The van der Waals surface area contributed by atoms with E-state index < -0.39 is 5.97 Å². The molecule has 0 amide bonds. The lowest BCUT2D eigenvalue weighted by molar-refractivity contribution is -0.138. The lowest BCUT2D eigenvalue weighted by atomic mass is 9.93. The fourth-order valence-electron chi connectivity index (χ4n) is 2.97. The summed E-state index contributed by atoms with van der Waals surface area (Å²) in [5.41, 5.74) is 1.22. The highest BCUT2D eigenvalue weighted by molar-refractivity contribution is 5.67. The zero-order valence-corrected chi connectivity index (χ0v) is 12.2. The van der Waals surface area contributed by atoms with E-state index in [1.807, 2.05) is 12.1 Å². The van der Waals surface area contributed by atoms with Crippen molar-refractivity contribution in [1.29, 1.82) is 0 Å². The van der Waals surface area contributed by atoms with Crippen molar-refractivity contribution in [3.63, 3.8) is 0 Å². The Morgan fingerprint density at radius 3 is 3.05 bits per heavy atom. The van der Waals surface area contributed by atoms with E-state index in [0.29, 0.717) is 6.04 Å². The van der Waals surface area contributed by atoms with Crippen molar-refractivity contribution in [2.45, 2.75) is 32.2 Å². The maximum atomic E-state index is 10.9. The quantitative estimate of drug-likeness (QED) is 0.899. The first-order valence-electron chi connectivity index (χ1n) is 7.20. The minimum atomic E-state index is -0.689. The summed E-state index contributed by atoms with van der Waals surface area (Å²) in [7, 11) is 1.67. The predicted molar refractivity (Wildman–Crippen MR) is 78.0 cm³/mol. The zero-order valence-electron chi connectivity index (χ0n) is 12.2. The highest BCUT2D eigenvalue weighted by Crippen LogP contribution is 2.29. The van der Waals surface area contributed by atoms with E-state index in [-0.39, 0.29) is 12.3 Å². The van der Waals surface area contributed by atoms with Crippen molar-refractivity contribution in [2.75, 3.05) is 20.2 Å². The van der Waals surface area contributed by atoms with Crippen molar-refractivity contribution >= 4 is 5.97 Å². The van der Waals surface area contributed by atoms with Gasteiger partial charge in [0, 0.05) is 19.0 Å². The van der Waals surface area contributed by atoms with Crippen LogP contribution in [-0.2, 0) is 4.79 Å². The number of carboxylic acid groups (broad SMARTS) is 1. The number of aliphatic carboxylic acids is 1. The van der Waals surface area contributed by atoms with Gasteiger partial charge in [-0.1, -0.05) is 12.1 Å². The molecule has 20 heavy (non-hydrogen) atoms. The van der Waals surface area contributed by atoms with Gasteiger partial charge >= 0.3 is 5.97 Å². The Bertz CT molecular complexity index is 461. The van der Waals surface area contributed by atoms with E-state index in [1.54, 1.807) is 7.11 Å². The number of carboxylic acids is 1. The topological polar surface area (TPSA) is 49.8 Å². The number of piperidine rings is 1. The monoisotopic (exact) mass is 277 g/mol. The van der Waals surface area contributed by atoms with Crippen LogP contribution in [0.5, 0.6) is 5.75 Å². The van der Waals surface area contributed by atoms with Crippen LogP contribution >= 0.6 is 0 Å². The van der Waals surface area contributed by atoms with Gasteiger partial charge in [0.25, 0.3) is 0 Å². The van der Waals surface area contributed by atoms with Crippen LogP contribution in [0.1, 0.15) is 37.8 Å². The van der Waals surface area contributed by atoms with Crippen molar-refractivity contribution in [3.05, 3.63) is 29.8 Å². The molecule has 2 atom stereocenters. The van der Waals surface area contributed by atoms with E-state index in [0.717, 1.165) is 31.7 Å². The Labute approximate surface area is 120 Å². The Morgan fingerprint density at radius 2 is 2.35 bits per heavy atom. The molecule has 1 N–H and O–H groups in total. The van der Waals surface area contributed by atoms with Crippen molar-refractivity contribution in [1.82, 2.24) is 4.90 Å². The van der Waals surface area contributed by atoms with Crippen LogP contribution in [0.2, 0.25) is 0 Å². The predicted octanol–water partition coefficient (Wildman–Crippen LogP) is 2.94. The van der Waals surface area contributed by atoms with Gasteiger partial charge in [0.15, 0.2) is 0 Å². The average Bonchev–Trinajstić information content (AvgIpc) is 2.46. The molecule has 1 aliphatic heterocycles. The number of likely N-dealkylation sites (tertiary alicyclic amines) is 1. The van der Waals surface area contributed by atoms with E-state index in [2.05, 4.69) is 24.0 Å². The maximum absolute atomic E-state index is 10.9. The van der Waals surface area contributed by atoms with Crippen LogP contribution < -0.4 is 4.74 Å². The van der Waals surface area contributed by atoms with Crippen molar-refractivity contribution < 1.29 is 14.6 Å². The normalized spacial score (nSPS) is 21.4. The molecule has 1 heterocycles. The van der Waals surface area contributed by atoms with Crippen LogP contribution in [0.3, 0.4) is 0 Å². The number of hydrogen-bond donors (Lipinski definition) is 1. The Balaban J connectivity index is 2.03. The molecular formula is C16H23NO3. The third kappa shape index (κ3) is 3.73. The summed E-state index contributed by atoms with van der Waals surface area (Å²) in [5.74, 6) is 0.452. The summed E-state index contributed by atoms with van der Waals surface area (Å²) in [6.45, 7) is 4.08. The number of methoxy groups -OCH3 is 1. The van der Waals surface area contributed by atoms with E-state index in [9.17, 15) is 4.79 Å². The lowest BCUT2D eigenvalue weighted by Gasteiger charge is -2.36. The first-order valence-corrected chi connectivity index (χ1v) is 7.20. The van der Waals surface area contributed by atoms with Crippen molar-refractivity contribution in [2.24, 2.45) is 5.92 Å². The zero-order chi connectivity index (χ0) is 14.5. The van der Waals surface area contributed by atoms with Gasteiger partial charge in [0.05, 0.1) is 7.11 Å². The van der Waals surface area contributed by atoms with E-state index in [4.69, 9.17) is 9.84 Å². The number of nitrogens with zero attached hydrogens (tertiary/aromatic N) is 1. The fraction of sp³-hybridized carbons (Fsp3) is 0.562. The summed E-state index contributed by atoms with van der Waals surface area (Å²) in [6.07, 6.45) is 2.38. The van der Waals surface area contributed by atoms with Crippen molar-refractivity contribution in [3.8, 4) is 5.75 Å². The number of rotatable bonds is 5. The molecule has 1 fully saturated rings. The molecule has 0 aromatic heterocycles. The molecule has 0 radical (unpaired) electrons. The van der Waals surface area contributed by atoms with Crippen LogP contribution in [0.25, 0.3) is 0 Å². The van der Waals surface area contributed by atoms with Crippen LogP contribution in [0.4, 0.5) is 0 Å². The summed E-state index contributed by atoms with van der Waals surface area (Å²) in [4.78, 5) is 13.2. The van der Waals surface area contributed by atoms with Gasteiger partial charge in [-0.2, -0.15) is 0 Å². The number of ether oxygens (including phenoxy) is 1. The SMILES string of the molecule is COc1cccc(C(C)N2CCCC(CC(=O)O)C2)c1. The number of carbonyl (C=O) groups is 1. The summed E-state index contributed by atoms with van der Waals surface area (Å²) in [6, 6.07) is 8.41. The molecule has 1 aromatic rings. The molecule has 1 saturated heterocycles. The molecule has 2 rings (SSSR count). The lowest BCUT2D eigenvalue weighted by Crippen LogP contribution is -2.37. The molecule has 0 bridgehead atoms. The van der Waals surface area contributed by atoms with Crippen LogP contribution in [0.15, 0.2) is 24.3 Å². The summed E-state index contributed by atoms with van der Waals surface area (Å²) >= 11 is 0. The minimum Gasteiger partial charge on any atom is -0.497 e.